The fourth-order valence-corrected chi connectivity index (χ4v) is 2.57. The molecule has 23 heavy (non-hydrogen) atoms. The van der Waals surface area contributed by atoms with Crippen molar-refractivity contribution in [2.75, 3.05) is 30.3 Å². The van der Waals surface area contributed by atoms with E-state index in [0.717, 1.165) is 21.8 Å². The van der Waals surface area contributed by atoms with Gasteiger partial charge in [0.25, 0.3) is 5.91 Å². The first-order valence-electron chi connectivity index (χ1n) is 7.45. The second kappa shape index (κ2) is 8.66. The summed E-state index contributed by atoms with van der Waals surface area (Å²) < 4.78 is 1.04. The maximum Gasteiger partial charge on any atom is 0.251 e. The lowest BCUT2D eigenvalue weighted by Gasteiger charge is -2.10. The van der Waals surface area contributed by atoms with Crippen LogP contribution in [-0.2, 0) is 0 Å². The fraction of sp³-hybridized carbons (Fsp3) is 0.312. The smallest absolute Gasteiger partial charge is 0.251 e. The normalized spacial score (nSPS) is 10.2. The fourth-order valence-electron chi connectivity index (χ4n) is 2.03. The third-order valence-electron chi connectivity index (χ3n) is 3.00. The van der Waals surface area contributed by atoms with E-state index in [1.165, 1.54) is 0 Å². The molecule has 0 atom stereocenters. The van der Waals surface area contributed by atoms with Crippen molar-refractivity contribution in [3.63, 3.8) is 0 Å². The Kier molecular flexibility index (Phi) is 6.57. The van der Waals surface area contributed by atoms with E-state index in [1.807, 2.05) is 38.1 Å². The molecule has 0 aliphatic rings. The quantitative estimate of drug-likeness (QED) is 0.470. The second-order valence-electron chi connectivity index (χ2n) is 4.91. The van der Waals surface area contributed by atoms with E-state index in [2.05, 4.69) is 48.5 Å². The maximum atomic E-state index is 12.0. The van der Waals surface area contributed by atoms with Crippen LogP contribution < -0.4 is 16.0 Å². The lowest BCUT2D eigenvalue weighted by Crippen LogP contribution is -2.29. The number of carbonyl (C=O) groups excluding carboxylic acids is 1. The number of aryl methyl sites for hydroxylation is 1. The predicted molar refractivity (Wildman–Crippen MR) is 101 cm³/mol. The summed E-state index contributed by atoms with van der Waals surface area (Å²) in [5, 5.41) is 9.24. The van der Waals surface area contributed by atoms with Gasteiger partial charge >= 0.3 is 0 Å². The number of halogens is 1. The van der Waals surface area contributed by atoms with Crippen LogP contribution in [0.2, 0.25) is 0 Å². The van der Waals surface area contributed by atoms with Crippen LogP contribution in [0.25, 0.3) is 0 Å². The SMILES string of the molecule is CCNc1cc(NCCNC(=O)c2cccc(I)c2)nc(C)n1. The van der Waals surface area contributed by atoms with Crippen LogP contribution in [0.5, 0.6) is 0 Å². The van der Waals surface area contributed by atoms with Gasteiger partial charge in [-0.25, -0.2) is 9.97 Å². The van der Waals surface area contributed by atoms with Gasteiger partial charge in [0.1, 0.15) is 17.5 Å². The van der Waals surface area contributed by atoms with Crippen LogP contribution in [-0.4, -0.2) is 35.5 Å². The number of amides is 1. The van der Waals surface area contributed by atoms with Gasteiger partial charge in [0.2, 0.25) is 0 Å². The second-order valence-corrected chi connectivity index (χ2v) is 6.15. The maximum absolute atomic E-state index is 12.0. The van der Waals surface area contributed by atoms with Crippen LogP contribution in [0.1, 0.15) is 23.1 Å². The molecule has 7 heteroatoms. The molecule has 1 aromatic carbocycles. The number of hydrogen-bond acceptors (Lipinski definition) is 5. The van der Waals surface area contributed by atoms with Gasteiger partial charge in [0, 0.05) is 34.8 Å². The van der Waals surface area contributed by atoms with Gasteiger partial charge in [0.15, 0.2) is 0 Å². The molecule has 2 aromatic rings. The van der Waals surface area contributed by atoms with Crippen LogP contribution in [0, 0.1) is 10.5 Å². The lowest BCUT2D eigenvalue weighted by atomic mass is 10.2. The molecule has 1 amide bonds. The first-order valence-corrected chi connectivity index (χ1v) is 8.53. The van der Waals surface area contributed by atoms with Crippen molar-refractivity contribution >= 4 is 40.1 Å². The van der Waals surface area contributed by atoms with E-state index < -0.39 is 0 Å². The highest BCUT2D eigenvalue weighted by molar-refractivity contribution is 14.1. The molecule has 0 bridgehead atoms. The molecule has 0 aliphatic carbocycles. The van der Waals surface area contributed by atoms with Crippen molar-refractivity contribution in [3.8, 4) is 0 Å². The van der Waals surface area contributed by atoms with Gasteiger partial charge < -0.3 is 16.0 Å². The molecule has 0 saturated carbocycles. The van der Waals surface area contributed by atoms with Crippen molar-refractivity contribution in [3.05, 3.63) is 45.3 Å². The minimum absolute atomic E-state index is 0.0717. The van der Waals surface area contributed by atoms with Gasteiger partial charge in [-0.3, -0.25) is 4.79 Å². The summed E-state index contributed by atoms with van der Waals surface area (Å²) in [4.78, 5) is 20.6. The summed E-state index contributed by atoms with van der Waals surface area (Å²) in [6.07, 6.45) is 0. The van der Waals surface area contributed by atoms with Crippen molar-refractivity contribution < 1.29 is 4.79 Å². The Morgan fingerprint density at radius 2 is 1.87 bits per heavy atom. The molecule has 0 spiro atoms. The highest BCUT2D eigenvalue weighted by atomic mass is 127. The minimum atomic E-state index is -0.0717. The van der Waals surface area contributed by atoms with Gasteiger partial charge in [0.05, 0.1) is 0 Å². The molecule has 0 aliphatic heterocycles. The Balaban J connectivity index is 1.82. The predicted octanol–water partition coefficient (Wildman–Crippen LogP) is 2.66. The Morgan fingerprint density at radius 3 is 2.57 bits per heavy atom. The topological polar surface area (TPSA) is 78.9 Å². The standard InChI is InChI=1S/C16H20IN5O/c1-3-18-14-10-15(22-11(2)21-14)19-7-8-20-16(23)12-5-4-6-13(17)9-12/h4-6,9-10H,3,7-8H2,1-2H3,(H,20,23)(H2,18,19,21,22). The van der Waals surface area contributed by atoms with Gasteiger partial charge in [-0.2, -0.15) is 0 Å². The average molecular weight is 425 g/mol. The van der Waals surface area contributed by atoms with E-state index in [4.69, 9.17) is 0 Å². The van der Waals surface area contributed by atoms with Crippen LogP contribution in [0.15, 0.2) is 30.3 Å². The van der Waals surface area contributed by atoms with Gasteiger partial charge in [-0.15, -0.1) is 0 Å². The zero-order valence-electron chi connectivity index (χ0n) is 13.2. The number of nitrogens with zero attached hydrogens (tertiary/aromatic N) is 2. The summed E-state index contributed by atoms with van der Waals surface area (Å²) in [5.41, 5.74) is 0.671. The molecule has 3 N–H and O–H groups in total. The number of hydrogen-bond donors (Lipinski definition) is 3. The summed E-state index contributed by atoms with van der Waals surface area (Å²) in [7, 11) is 0. The first-order chi connectivity index (χ1) is 11.1. The lowest BCUT2D eigenvalue weighted by molar-refractivity contribution is 0.0955. The number of carbonyl (C=O) groups is 1. The van der Waals surface area contributed by atoms with Crippen molar-refractivity contribution in [1.29, 1.82) is 0 Å². The molecule has 1 aromatic heterocycles. The van der Waals surface area contributed by atoms with Crippen LogP contribution in [0.4, 0.5) is 11.6 Å². The number of nitrogens with one attached hydrogen (secondary N) is 3. The van der Waals surface area contributed by atoms with Gasteiger partial charge in [-0.1, -0.05) is 6.07 Å². The Hall–Kier alpha value is -1.90. The molecular weight excluding hydrogens is 405 g/mol. The third kappa shape index (κ3) is 5.66. The van der Waals surface area contributed by atoms with E-state index >= 15 is 0 Å². The molecule has 6 nitrogen and oxygen atoms in total. The van der Waals surface area contributed by atoms with E-state index in [0.29, 0.717) is 24.5 Å². The first kappa shape index (κ1) is 17.5. The van der Waals surface area contributed by atoms with Crippen molar-refractivity contribution in [1.82, 2.24) is 15.3 Å². The average Bonchev–Trinajstić information content (AvgIpc) is 2.51. The zero-order chi connectivity index (χ0) is 16.7. The molecule has 0 fully saturated rings. The van der Waals surface area contributed by atoms with Crippen LogP contribution in [0.3, 0.4) is 0 Å². The monoisotopic (exact) mass is 425 g/mol. The molecule has 0 saturated heterocycles. The molecule has 122 valence electrons. The van der Waals surface area contributed by atoms with E-state index in [1.54, 1.807) is 6.07 Å². The number of aromatic nitrogens is 2. The third-order valence-corrected chi connectivity index (χ3v) is 3.67. The summed E-state index contributed by atoms with van der Waals surface area (Å²) in [5.74, 6) is 2.17. The Labute approximate surface area is 149 Å². The Morgan fingerprint density at radius 1 is 1.13 bits per heavy atom. The molecule has 2 rings (SSSR count). The minimum Gasteiger partial charge on any atom is -0.370 e. The van der Waals surface area contributed by atoms with E-state index in [9.17, 15) is 4.79 Å². The summed E-state index contributed by atoms with van der Waals surface area (Å²) >= 11 is 2.19. The molecule has 0 radical (unpaired) electrons. The van der Waals surface area contributed by atoms with E-state index in [-0.39, 0.29) is 5.91 Å². The highest BCUT2D eigenvalue weighted by Crippen LogP contribution is 2.10. The van der Waals surface area contributed by atoms with Crippen LogP contribution >= 0.6 is 22.6 Å². The molecule has 0 unspecified atom stereocenters. The number of anilines is 2. The molecular formula is C16H20IN5O. The van der Waals surface area contributed by atoms with Gasteiger partial charge in [-0.05, 0) is 54.6 Å². The zero-order valence-corrected chi connectivity index (χ0v) is 15.3. The highest BCUT2D eigenvalue weighted by Gasteiger charge is 2.05. The summed E-state index contributed by atoms with van der Waals surface area (Å²) in [6, 6.07) is 9.36. The van der Waals surface area contributed by atoms with Crippen molar-refractivity contribution in [2.24, 2.45) is 0 Å². The summed E-state index contributed by atoms with van der Waals surface area (Å²) in [6.45, 7) is 5.79. The number of rotatable bonds is 7. The Bertz CT molecular complexity index is 677. The number of benzene rings is 1. The molecule has 1 heterocycles. The largest absolute Gasteiger partial charge is 0.370 e. The van der Waals surface area contributed by atoms with Crippen molar-refractivity contribution in [2.45, 2.75) is 13.8 Å².